The van der Waals surface area contributed by atoms with Gasteiger partial charge in [-0.1, -0.05) is 0 Å². The Hall–Kier alpha value is -2.52. The van der Waals surface area contributed by atoms with Gasteiger partial charge in [-0.2, -0.15) is 0 Å². The SMILES string of the molecule is Cc1cnc(C=C(N)c2nc3sc(C4CCN(C(=O)OC(C)(C)C)CC4)cc3s2)c(C)n1. The number of aromatic nitrogens is 3. The molecule has 0 bridgehead atoms. The zero-order chi connectivity index (χ0) is 23.0. The minimum atomic E-state index is -0.462. The molecule has 0 saturated carbocycles. The molecule has 1 fully saturated rings. The zero-order valence-electron chi connectivity index (χ0n) is 19.1. The van der Waals surface area contributed by atoms with E-state index in [1.54, 1.807) is 28.9 Å². The molecule has 32 heavy (non-hydrogen) atoms. The number of aryl methyl sites for hydroxylation is 2. The minimum Gasteiger partial charge on any atom is -0.444 e. The van der Waals surface area contributed by atoms with Crippen LogP contribution in [0.2, 0.25) is 0 Å². The maximum Gasteiger partial charge on any atom is 0.410 e. The van der Waals surface area contributed by atoms with Gasteiger partial charge in [0.05, 0.1) is 27.5 Å². The quantitative estimate of drug-likeness (QED) is 0.554. The van der Waals surface area contributed by atoms with Crippen LogP contribution < -0.4 is 5.73 Å². The van der Waals surface area contributed by atoms with Crippen LogP contribution in [0.3, 0.4) is 0 Å². The van der Waals surface area contributed by atoms with Gasteiger partial charge in [-0.25, -0.2) is 9.78 Å². The van der Waals surface area contributed by atoms with E-state index in [1.807, 2.05) is 45.6 Å². The molecule has 0 spiro atoms. The summed E-state index contributed by atoms with van der Waals surface area (Å²) in [6, 6.07) is 2.24. The Morgan fingerprint density at radius 1 is 1.22 bits per heavy atom. The second kappa shape index (κ2) is 8.78. The molecule has 7 nitrogen and oxygen atoms in total. The van der Waals surface area contributed by atoms with Gasteiger partial charge in [0.15, 0.2) is 0 Å². The summed E-state index contributed by atoms with van der Waals surface area (Å²) in [7, 11) is 0. The molecule has 1 aliphatic heterocycles. The van der Waals surface area contributed by atoms with Gasteiger partial charge in [0, 0.05) is 24.2 Å². The van der Waals surface area contributed by atoms with E-state index in [9.17, 15) is 4.79 Å². The number of nitrogens with two attached hydrogens (primary N) is 1. The number of amides is 1. The third-order valence-electron chi connectivity index (χ3n) is 5.30. The Labute approximate surface area is 196 Å². The average molecular weight is 472 g/mol. The third kappa shape index (κ3) is 5.10. The maximum absolute atomic E-state index is 12.3. The molecule has 9 heteroatoms. The first-order valence-electron chi connectivity index (χ1n) is 10.7. The molecule has 4 heterocycles. The largest absolute Gasteiger partial charge is 0.444 e. The Morgan fingerprint density at radius 2 is 1.94 bits per heavy atom. The van der Waals surface area contributed by atoms with Crippen LogP contribution in [-0.4, -0.2) is 44.6 Å². The fourth-order valence-corrected chi connectivity index (χ4v) is 6.03. The lowest BCUT2D eigenvalue weighted by Gasteiger charge is -2.33. The molecule has 1 amide bonds. The van der Waals surface area contributed by atoms with Gasteiger partial charge < -0.3 is 15.4 Å². The van der Waals surface area contributed by atoms with Crippen LogP contribution in [0.5, 0.6) is 0 Å². The fourth-order valence-electron chi connectivity index (χ4n) is 3.71. The van der Waals surface area contributed by atoms with E-state index in [4.69, 9.17) is 15.5 Å². The van der Waals surface area contributed by atoms with Gasteiger partial charge in [0.1, 0.15) is 15.4 Å². The van der Waals surface area contributed by atoms with Crippen LogP contribution in [0.4, 0.5) is 4.79 Å². The smallest absolute Gasteiger partial charge is 0.410 e. The molecular formula is C23H29N5O2S2. The summed E-state index contributed by atoms with van der Waals surface area (Å²) in [5, 5.41) is 0.805. The van der Waals surface area contributed by atoms with Gasteiger partial charge in [0.25, 0.3) is 0 Å². The van der Waals surface area contributed by atoms with Crippen molar-refractivity contribution in [2.24, 2.45) is 5.73 Å². The summed E-state index contributed by atoms with van der Waals surface area (Å²) in [5.74, 6) is 0.446. The van der Waals surface area contributed by atoms with Crippen molar-refractivity contribution in [3.8, 4) is 0 Å². The van der Waals surface area contributed by atoms with Crippen molar-refractivity contribution >= 4 is 50.1 Å². The summed E-state index contributed by atoms with van der Waals surface area (Å²) < 4.78 is 6.65. The lowest BCUT2D eigenvalue weighted by molar-refractivity contribution is 0.0205. The fraction of sp³-hybridized carbons (Fsp3) is 0.478. The zero-order valence-corrected chi connectivity index (χ0v) is 20.8. The van der Waals surface area contributed by atoms with Crippen LogP contribution in [0, 0.1) is 13.8 Å². The summed E-state index contributed by atoms with van der Waals surface area (Å²) >= 11 is 3.33. The number of carbonyl (C=O) groups excluding carboxylic acids is 1. The molecule has 4 rings (SSSR count). The highest BCUT2D eigenvalue weighted by Gasteiger charge is 2.28. The molecule has 0 unspecified atom stereocenters. The van der Waals surface area contributed by atoms with Crippen molar-refractivity contribution < 1.29 is 9.53 Å². The van der Waals surface area contributed by atoms with Gasteiger partial charge in [-0.15, -0.1) is 22.7 Å². The maximum atomic E-state index is 12.3. The first-order chi connectivity index (χ1) is 15.1. The van der Waals surface area contributed by atoms with E-state index in [0.717, 1.165) is 57.6 Å². The predicted octanol–water partition coefficient (Wildman–Crippen LogP) is 5.34. The number of ether oxygens (including phenoxy) is 1. The normalized spacial score (nSPS) is 16.0. The van der Waals surface area contributed by atoms with Gasteiger partial charge in [-0.3, -0.25) is 9.97 Å². The van der Waals surface area contributed by atoms with Crippen LogP contribution >= 0.6 is 22.7 Å². The van der Waals surface area contributed by atoms with Crippen molar-refractivity contribution in [2.45, 2.75) is 59.0 Å². The van der Waals surface area contributed by atoms with Crippen molar-refractivity contribution in [1.82, 2.24) is 19.9 Å². The van der Waals surface area contributed by atoms with Crippen LogP contribution in [-0.2, 0) is 4.74 Å². The van der Waals surface area contributed by atoms with Gasteiger partial charge in [-0.05, 0) is 65.5 Å². The topological polar surface area (TPSA) is 94.2 Å². The molecule has 3 aromatic heterocycles. The van der Waals surface area contributed by atoms with E-state index < -0.39 is 5.60 Å². The Kier molecular flexibility index (Phi) is 6.22. The monoisotopic (exact) mass is 471 g/mol. The highest BCUT2D eigenvalue weighted by atomic mass is 32.1. The number of piperidine rings is 1. The number of carbonyl (C=O) groups is 1. The molecule has 1 aliphatic rings. The van der Waals surface area contributed by atoms with E-state index >= 15 is 0 Å². The summed E-state index contributed by atoms with van der Waals surface area (Å²) in [6.45, 7) is 11.0. The Morgan fingerprint density at radius 3 is 2.56 bits per heavy atom. The van der Waals surface area contributed by atoms with Crippen LogP contribution in [0.15, 0.2) is 12.3 Å². The number of fused-ring (bicyclic) bond motifs is 1. The molecule has 0 aromatic carbocycles. The van der Waals surface area contributed by atoms with Crippen molar-refractivity contribution in [1.29, 1.82) is 0 Å². The highest BCUT2D eigenvalue weighted by Crippen LogP contribution is 2.39. The number of hydrogen-bond donors (Lipinski definition) is 1. The Balaban J connectivity index is 1.43. The van der Waals surface area contributed by atoms with Crippen molar-refractivity contribution in [3.63, 3.8) is 0 Å². The van der Waals surface area contributed by atoms with E-state index in [2.05, 4.69) is 16.0 Å². The summed E-state index contributed by atoms with van der Waals surface area (Å²) in [4.78, 5) is 30.1. The van der Waals surface area contributed by atoms with Crippen LogP contribution in [0.1, 0.15) is 66.5 Å². The molecule has 0 atom stereocenters. The van der Waals surface area contributed by atoms with E-state index in [0.29, 0.717) is 11.6 Å². The highest BCUT2D eigenvalue weighted by molar-refractivity contribution is 7.27. The second-order valence-electron chi connectivity index (χ2n) is 9.16. The van der Waals surface area contributed by atoms with Crippen LogP contribution in [0.25, 0.3) is 21.3 Å². The van der Waals surface area contributed by atoms with Crippen molar-refractivity contribution in [3.05, 3.63) is 39.2 Å². The first-order valence-corrected chi connectivity index (χ1v) is 12.4. The molecule has 0 aliphatic carbocycles. The first kappa shape index (κ1) is 22.7. The number of nitrogens with zero attached hydrogens (tertiary/aromatic N) is 4. The summed E-state index contributed by atoms with van der Waals surface area (Å²) in [6.07, 6.45) is 5.25. The van der Waals surface area contributed by atoms with E-state index in [1.165, 1.54) is 4.88 Å². The molecule has 1 saturated heterocycles. The predicted molar refractivity (Wildman–Crippen MR) is 131 cm³/mol. The lowest BCUT2D eigenvalue weighted by atomic mass is 9.95. The standard InChI is InChI=1S/C23H29N5O2S2/c1-13-12-25-17(14(2)26-13)10-16(24)20-27-21-19(32-20)11-18(31-21)15-6-8-28(9-7-15)22(29)30-23(3,4)5/h10-12,15H,6-9,24H2,1-5H3. The number of thiazole rings is 1. The number of thiophene rings is 1. The molecule has 3 aromatic rings. The second-order valence-corrected chi connectivity index (χ2v) is 11.3. The van der Waals surface area contributed by atoms with Crippen molar-refractivity contribution in [2.75, 3.05) is 13.1 Å². The molecule has 170 valence electrons. The minimum absolute atomic E-state index is 0.217. The van der Waals surface area contributed by atoms with Gasteiger partial charge >= 0.3 is 6.09 Å². The Bertz CT molecular complexity index is 1140. The third-order valence-corrected chi connectivity index (χ3v) is 7.67. The molecule has 0 radical (unpaired) electrons. The number of hydrogen-bond acceptors (Lipinski definition) is 8. The number of rotatable bonds is 3. The summed E-state index contributed by atoms with van der Waals surface area (Å²) in [5.41, 5.74) is 8.97. The lowest BCUT2D eigenvalue weighted by Crippen LogP contribution is -2.41. The molecule has 2 N–H and O–H groups in total. The molecular weight excluding hydrogens is 442 g/mol. The average Bonchev–Trinajstić information content (AvgIpc) is 3.28. The van der Waals surface area contributed by atoms with E-state index in [-0.39, 0.29) is 6.09 Å². The number of likely N-dealkylation sites (tertiary alicyclic amines) is 1. The van der Waals surface area contributed by atoms with Gasteiger partial charge in [0.2, 0.25) is 0 Å².